The Morgan fingerprint density at radius 1 is 1.29 bits per heavy atom. The van der Waals surface area contributed by atoms with Crippen molar-refractivity contribution in [1.29, 1.82) is 0 Å². The molecule has 0 aromatic carbocycles. The van der Waals surface area contributed by atoms with Crippen LogP contribution in [0, 0.1) is 0 Å². The third kappa shape index (κ3) is 2.74. The molecule has 6 heteroatoms. The van der Waals surface area contributed by atoms with Gasteiger partial charge in [0.1, 0.15) is 0 Å². The van der Waals surface area contributed by atoms with Crippen LogP contribution in [0.2, 0.25) is 0 Å². The number of rotatable bonds is 5. The Labute approximate surface area is 81.9 Å². The predicted octanol–water partition coefficient (Wildman–Crippen LogP) is -0.102. The van der Waals surface area contributed by atoms with E-state index in [2.05, 4.69) is 15.3 Å². The van der Waals surface area contributed by atoms with E-state index in [1.807, 2.05) is 0 Å². The van der Waals surface area contributed by atoms with Crippen molar-refractivity contribution in [3.8, 4) is 11.8 Å². The molecule has 1 aromatic heterocycles. The summed E-state index contributed by atoms with van der Waals surface area (Å²) in [5.74, 6) is 1.20. The minimum Gasteiger partial charge on any atom is -0.481 e. The van der Waals surface area contributed by atoms with E-state index in [0.717, 1.165) is 0 Å². The van der Waals surface area contributed by atoms with Gasteiger partial charge in [0.25, 0.3) is 0 Å². The molecular formula is C8H13N3O3. The van der Waals surface area contributed by atoms with Gasteiger partial charge in [0.05, 0.1) is 26.9 Å². The zero-order valence-corrected chi connectivity index (χ0v) is 8.15. The molecule has 0 aliphatic carbocycles. The lowest BCUT2D eigenvalue weighted by atomic mass is 10.6. The number of anilines is 1. The van der Waals surface area contributed by atoms with Crippen LogP contribution >= 0.6 is 0 Å². The largest absolute Gasteiger partial charge is 0.481 e. The van der Waals surface area contributed by atoms with Crippen LogP contribution < -0.4 is 14.8 Å². The summed E-state index contributed by atoms with van der Waals surface area (Å²) >= 11 is 0. The molecule has 0 saturated heterocycles. The smallest absolute Gasteiger partial charge is 0.229 e. The number of hydrogen-bond acceptors (Lipinski definition) is 6. The number of ether oxygens (including phenoxy) is 2. The van der Waals surface area contributed by atoms with Gasteiger partial charge in [-0.1, -0.05) is 0 Å². The molecule has 0 aliphatic heterocycles. The number of nitrogens with one attached hydrogen (secondary N) is 1. The van der Waals surface area contributed by atoms with Crippen LogP contribution in [0.3, 0.4) is 0 Å². The monoisotopic (exact) mass is 199 g/mol. The number of nitrogens with zero attached hydrogens (tertiary/aromatic N) is 2. The van der Waals surface area contributed by atoms with E-state index in [-0.39, 0.29) is 6.61 Å². The molecule has 0 unspecified atom stereocenters. The standard InChI is InChI=1S/C8H13N3O3/c1-13-6-5-7(14-2)11-8(10-6)9-3-4-12/h5,12H,3-4H2,1-2H3,(H,9,10,11). The summed E-state index contributed by atoms with van der Waals surface area (Å²) < 4.78 is 9.89. The molecule has 1 heterocycles. The Hall–Kier alpha value is -1.56. The van der Waals surface area contributed by atoms with Crippen LogP contribution in [0.15, 0.2) is 6.07 Å². The van der Waals surface area contributed by atoms with Crippen LogP contribution in [0.25, 0.3) is 0 Å². The van der Waals surface area contributed by atoms with Crippen molar-refractivity contribution in [3.05, 3.63) is 6.07 Å². The minimum absolute atomic E-state index is 0.0168. The number of hydrogen-bond donors (Lipinski definition) is 2. The van der Waals surface area contributed by atoms with E-state index < -0.39 is 0 Å². The highest BCUT2D eigenvalue weighted by atomic mass is 16.5. The van der Waals surface area contributed by atoms with Gasteiger partial charge in [0.2, 0.25) is 17.7 Å². The van der Waals surface area contributed by atoms with Gasteiger partial charge in [-0.25, -0.2) is 0 Å². The normalized spacial score (nSPS) is 9.64. The van der Waals surface area contributed by atoms with E-state index >= 15 is 0 Å². The molecule has 0 amide bonds. The second kappa shape index (κ2) is 5.23. The molecule has 1 aromatic rings. The molecule has 0 radical (unpaired) electrons. The Kier molecular flexibility index (Phi) is 3.93. The number of aliphatic hydroxyl groups excluding tert-OH is 1. The first-order chi connectivity index (χ1) is 6.80. The summed E-state index contributed by atoms with van der Waals surface area (Å²) in [4.78, 5) is 8.00. The lowest BCUT2D eigenvalue weighted by Gasteiger charge is -2.06. The molecule has 0 fully saturated rings. The predicted molar refractivity (Wildman–Crippen MR) is 50.7 cm³/mol. The van der Waals surface area contributed by atoms with Crippen molar-refractivity contribution in [2.45, 2.75) is 0 Å². The zero-order valence-electron chi connectivity index (χ0n) is 8.15. The zero-order chi connectivity index (χ0) is 10.4. The van der Waals surface area contributed by atoms with Crippen molar-refractivity contribution in [2.75, 3.05) is 32.7 Å². The van der Waals surface area contributed by atoms with Crippen LogP contribution in [0.1, 0.15) is 0 Å². The molecule has 78 valence electrons. The molecular weight excluding hydrogens is 186 g/mol. The fourth-order valence-corrected chi connectivity index (χ4v) is 0.860. The van der Waals surface area contributed by atoms with E-state index in [9.17, 15) is 0 Å². The van der Waals surface area contributed by atoms with E-state index in [1.165, 1.54) is 14.2 Å². The number of aliphatic hydroxyl groups is 1. The van der Waals surface area contributed by atoms with Gasteiger partial charge in [-0.3, -0.25) is 0 Å². The van der Waals surface area contributed by atoms with Crippen LogP contribution in [-0.4, -0.2) is 42.4 Å². The highest BCUT2D eigenvalue weighted by Crippen LogP contribution is 2.16. The van der Waals surface area contributed by atoms with Gasteiger partial charge in [-0.05, 0) is 0 Å². The number of aromatic nitrogens is 2. The van der Waals surface area contributed by atoms with Gasteiger partial charge in [-0.15, -0.1) is 0 Å². The first-order valence-corrected chi connectivity index (χ1v) is 4.12. The second-order valence-corrected chi connectivity index (χ2v) is 2.43. The molecule has 0 spiro atoms. The van der Waals surface area contributed by atoms with Crippen molar-refractivity contribution >= 4 is 5.95 Å². The molecule has 0 bridgehead atoms. The molecule has 6 nitrogen and oxygen atoms in total. The molecule has 14 heavy (non-hydrogen) atoms. The van der Waals surface area contributed by atoms with Gasteiger partial charge in [0, 0.05) is 6.54 Å². The van der Waals surface area contributed by atoms with Crippen LogP contribution in [0.4, 0.5) is 5.95 Å². The molecule has 1 rings (SSSR count). The Bertz CT molecular complexity index is 271. The SMILES string of the molecule is COc1cc(OC)nc(NCCO)n1. The summed E-state index contributed by atoms with van der Waals surface area (Å²) in [5, 5.41) is 11.4. The van der Waals surface area contributed by atoms with Crippen molar-refractivity contribution in [1.82, 2.24) is 9.97 Å². The first kappa shape index (κ1) is 10.5. The maximum absolute atomic E-state index is 8.60. The van der Waals surface area contributed by atoms with Crippen LogP contribution in [0.5, 0.6) is 11.8 Å². The third-order valence-corrected chi connectivity index (χ3v) is 1.49. The molecule has 0 atom stereocenters. The molecule has 0 aliphatic rings. The second-order valence-electron chi connectivity index (χ2n) is 2.43. The summed E-state index contributed by atoms with van der Waals surface area (Å²) in [6, 6.07) is 1.57. The Balaban J connectivity index is 2.81. The van der Waals surface area contributed by atoms with Crippen molar-refractivity contribution in [2.24, 2.45) is 0 Å². The molecule has 2 N–H and O–H groups in total. The fourth-order valence-electron chi connectivity index (χ4n) is 0.860. The Morgan fingerprint density at radius 2 is 1.86 bits per heavy atom. The van der Waals surface area contributed by atoms with E-state index in [1.54, 1.807) is 6.07 Å². The maximum atomic E-state index is 8.60. The molecule has 0 saturated carbocycles. The van der Waals surface area contributed by atoms with Gasteiger partial charge < -0.3 is 19.9 Å². The van der Waals surface area contributed by atoms with Crippen molar-refractivity contribution < 1.29 is 14.6 Å². The lowest BCUT2D eigenvalue weighted by Crippen LogP contribution is -2.09. The van der Waals surface area contributed by atoms with Gasteiger partial charge >= 0.3 is 0 Å². The highest BCUT2D eigenvalue weighted by Gasteiger charge is 2.03. The minimum atomic E-state index is 0.0168. The summed E-state index contributed by atoms with van der Waals surface area (Å²) in [6.45, 7) is 0.402. The number of methoxy groups -OCH3 is 2. The highest BCUT2D eigenvalue weighted by molar-refractivity contribution is 5.33. The fraction of sp³-hybridized carbons (Fsp3) is 0.500. The average molecular weight is 199 g/mol. The van der Waals surface area contributed by atoms with E-state index in [0.29, 0.717) is 24.3 Å². The van der Waals surface area contributed by atoms with Crippen molar-refractivity contribution in [3.63, 3.8) is 0 Å². The summed E-state index contributed by atoms with van der Waals surface area (Å²) in [7, 11) is 3.02. The van der Waals surface area contributed by atoms with Gasteiger partial charge in [-0.2, -0.15) is 9.97 Å². The first-order valence-electron chi connectivity index (χ1n) is 4.12. The van der Waals surface area contributed by atoms with E-state index in [4.69, 9.17) is 14.6 Å². The summed E-state index contributed by atoms with van der Waals surface area (Å²) in [6.07, 6.45) is 0. The maximum Gasteiger partial charge on any atom is 0.229 e. The topological polar surface area (TPSA) is 76.5 Å². The van der Waals surface area contributed by atoms with Crippen LogP contribution in [-0.2, 0) is 0 Å². The Morgan fingerprint density at radius 3 is 2.29 bits per heavy atom. The summed E-state index contributed by atoms with van der Waals surface area (Å²) in [5.41, 5.74) is 0. The average Bonchev–Trinajstić information content (AvgIpc) is 2.25. The van der Waals surface area contributed by atoms with Gasteiger partial charge in [0.15, 0.2) is 0 Å². The lowest BCUT2D eigenvalue weighted by molar-refractivity contribution is 0.310. The quantitative estimate of drug-likeness (QED) is 0.689. The third-order valence-electron chi connectivity index (χ3n) is 1.49.